The van der Waals surface area contributed by atoms with Gasteiger partial charge >= 0.3 is 6.18 Å². The van der Waals surface area contributed by atoms with Crippen molar-refractivity contribution in [3.05, 3.63) is 47.8 Å². The number of halogens is 3. The minimum absolute atomic E-state index is 0.161. The maximum Gasteiger partial charge on any atom is 0.416 e. The van der Waals surface area contributed by atoms with Crippen molar-refractivity contribution in [2.75, 3.05) is 17.7 Å². The topological polar surface area (TPSA) is 49.8 Å². The predicted octanol–water partition coefficient (Wildman–Crippen LogP) is 3.71. The second-order valence-electron chi connectivity index (χ2n) is 4.52. The molecule has 0 aliphatic carbocycles. The molecule has 0 amide bonds. The van der Waals surface area contributed by atoms with Crippen molar-refractivity contribution in [2.45, 2.75) is 19.1 Å². The molecule has 7 heteroatoms. The van der Waals surface area contributed by atoms with Gasteiger partial charge in [-0.3, -0.25) is 4.98 Å². The lowest BCUT2D eigenvalue weighted by atomic mass is 10.1. The molecule has 0 radical (unpaired) electrons. The Kier molecular flexibility index (Phi) is 4.30. The molecule has 1 atom stereocenters. The van der Waals surface area contributed by atoms with E-state index < -0.39 is 11.7 Å². The Bertz CT molecular complexity index is 599. The van der Waals surface area contributed by atoms with Gasteiger partial charge in [0, 0.05) is 19.4 Å². The first-order chi connectivity index (χ1) is 9.90. The van der Waals surface area contributed by atoms with Gasteiger partial charge in [-0.15, -0.1) is 0 Å². The molecule has 0 bridgehead atoms. The zero-order valence-electron chi connectivity index (χ0n) is 11.6. The van der Waals surface area contributed by atoms with E-state index in [9.17, 15) is 13.2 Å². The molecule has 0 aliphatic rings. The second-order valence-corrected chi connectivity index (χ2v) is 4.52. The van der Waals surface area contributed by atoms with Gasteiger partial charge in [0.2, 0.25) is 0 Å². The third-order valence-electron chi connectivity index (χ3n) is 2.98. The van der Waals surface area contributed by atoms with Gasteiger partial charge in [0.15, 0.2) is 0 Å². The summed E-state index contributed by atoms with van der Waals surface area (Å²) >= 11 is 0. The fourth-order valence-corrected chi connectivity index (χ4v) is 1.85. The summed E-state index contributed by atoms with van der Waals surface area (Å²) < 4.78 is 38.6. The van der Waals surface area contributed by atoms with E-state index in [0.29, 0.717) is 0 Å². The van der Waals surface area contributed by atoms with Crippen molar-refractivity contribution in [3.8, 4) is 0 Å². The van der Waals surface area contributed by atoms with Gasteiger partial charge in [0.1, 0.15) is 11.6 Å². The third kappa shape index (κ3) is 3.84. The minimum atomic E-state index is -4.41. The standard InChI is InChI=1S/C14H15F3N4/c1-9(10-3-5-19-6-4-10)20-13-8-11(14(15,16)17)7-12(18-2)21-13/h3-9H,1-2H3,(H2,18,20,21). The van der Waals surface area contributed by atoms with Crippen LogP contribution in [0.5, 0.6) is 0 Å². The van der Waals surface area contributed by atoms with Gasteiger partial charge in [-0.2, -0.15) is 13.2 Å². The van der Waals surface area contributed by atoms with Gasteiger partial charge in [0.25, 0.3) is 0 Å². The van der Waals surface area contributed by atoms with Crippen molar-refractivity contribution >= 4 is 11.6 Å². The van der Waals surface area contributed by atoms with Crippen LogP contribution in [-0.4, -0.2) is 17.0 Å². The maximum absolute atomic E-state index is 12.9. The summed E-state index contributed by atoms with van der Waals surface area (Å²) in [6.07, 6.45) is -1.15. The Morgan fingerprint density at radius 2 is 1.71 bits per heavy atom. The first-order valence-corrected chi connectivity index (χ1v) is 6.33. The molecule has 2 aromatic rings. The molecule has 4 nitrogen and oxygen atoms in total. The van der Waals surface area contributed by atoms with E-state index in [1.165, 1.54) is 7.05 Å². The highest BCUT2D eigenvalue weighted by Gasteiger charge is 2.31. The Labute approximate surface area is 120 Å². The lowest BCUT2D eigenvalue weighted by Crippen LogP contribution is -2.12. The zero-order valence-corrected chi connectivity index (χ0v) is 11.6. The van der Waals surface area contributed by atoms with Gasteiger partial charge in [-0.25, -0.2) is 4.98 Å². The molecule has 0 aliphatic heterocycles. The predicted molar refractivity (Wildman–Crippen MR) is 75.1 cm³/mol. The highest BCUT2D eigenvalue weighted by molar-refractivity contribution is 5.50. The fraction of sp³-hybridized carbons (Fsp3) is 0.286. The van der Waals surface area contributed by atoms with Gasteiger partial charge < -0.3 is 10.6 Å². The van der Waals surface area contributed by atoms with E-state index in [2.05, 4.69) is 20.6 Å². The molecular formula is C14H15F3N4. The first-order valence-electron chi connectivity index (χ1n) is 6.33. The molecule has 0 fully saturated rings. The number of hydrogen-bond donors (Lipinski definition) is 2. The third-order valence-corrected chi connectivity index (χ3v) is 2.98. The number of nitrogens with zero attached hydrogens (tertiary/aromatic N) is 2. The van der Waals surface area contributed by atoms with Gasteiger partial charge in [-0.1, -0.05) is 0 Å². The van der Waals surface area contributed by atoms with E-state index in [4.69, 9.17) is 0 Å². The molecule has 2 heterocycles. The van der Waals surface area contributed by atoms with Crippen molar-refractivity contribution in [1.29, 1.82) is 0 Å². The van der Waals surface area contributed by atoms with Crippen molar-refractivity contribution in [2.24, 2.45) is 0 Å². The van der Waals surface area contributed by atoms with Crippen LogP contribution in [0.15, 0.2) is 36.7 Å². The van der Waals surface area contributed by atoms with Crippen LogP contribution in [0, 0.1) is 0 Å². The van der Waals surface area contributed by atoms with Crippen molar-refractivity contribution in [3.63, 3.8) is 0 Å². The van der Waals surface area contributed by atoms with Crippen LogP contribution < -0.4 is 10.6 Å². The molecule has 0 saturated carbocycles. The number of pyridine rings is 2. The Hall–Kier alpha value is -2.31. The van der Waals surface area contributed by atoms with E-state index in [0.717, 1.165) is 17.7 Å². The smallest absolute Gasteiger partial charge is 0.373 e. The second kappa shape index (κ2) is 5.99. The van der Waals surface area contributed by atoms with Crippen LogP contribution in [0.25, 0.3) is 0 Å². The number of anilines is 2. The molecule has 0 aromatic carbocycles. The van der Waals surface area contributed by atoms with E-state index >= 15 is 0 Å². The number of alkyl halides is 3. The number of hydrogen-bond acceptors (Lipinski definition) is 4. The summed E-state index contributed by atoms with van der Waals surface area (Å²) in [7, 11) is 1.53. The molecule has 0 spiro atoms. The fourth-order valence-electron chi connectivity index (χ4n) is 1.85. The lowest BCUT2D eigenvalue weighted by Gasteiger charge is -2.17. The monoisotopic (exact) mass is 296 g/mol. The molecule has 2 N–H and O–H groups in total. The SMILES string of the molecule is CNc1cc(C(F)(F)F)cc(NC(C)c2ccncc2)n1. The van der Waals surface area contributed by atoms with Gasteiger partial charge in [-0.05, 0) is 36.8 Å². The van der Waals surface area contributed by atoms with Crippen LogP contribution >= 0.6 is 0 Å². The molecule has 1 unspecified atom stereocenters. The summed E-state index contributed by atoms with van der Waals surface area (Å²) in [5.41, 5.74) is 0.168. The number of rotatable bonds is 4. The van der Waals surface area contributed by atoms with Crippen LogP contribution in [0.1, 0.15) is 24.1 Å². The Morgan fingerprint density at radius 3 is 2.29 bits per heavy atom. The molecule has 21 heavy (non-hydrogen) atoms. The maximum atomic E-state index is 12.9. The van der Waals surface area contributed by atoms with Crippen LogP contribution in [0.4, 0.5) is 24.8 Å². The first kappa shape index (κ1) is 15.1. The Morgan fingerprint density at radius 1 is 1.10 bits per heavy atom. The van der Waals surface area contributed by atoms with Crippen molar-refractivity contribution in [1.82, 2.24) is 9.97 Å². The normalized spacial score (nSPS) is 12.8. The minimum Gasteiger partial charge on any atom is -0.373 e. The molecule has 112 valence electrons. The van der Waals surface area contributed by atoms with Crippen molar-refractivity contribution < 1.29 is 13.2 Å². The highest BCUT2D eigenvalue weighted by Crippen LogP contribution is 2.32. The quantitative estimate of drug-likeness (QED) is 0.903. The number of nitrogens with one attached hydrogen (secondary N) is 2. The highest BCUT2D eigenvalue weighted by atomic mass is 19.4. The Balaban J connectivity index is 2.27. The zero-order chi connectivity index (χ0) is 15.5. The summed E-state index contributed by atoms with van der Waals surface area (Å²) in [5, 5.41) is 5.60. The van der Waals surface area contributed by atoms with Gasteiger partial charge in [0.05, 0.1) is 11.6 Å². The molecular weight excluding hydrogens is 281 g/mol. The summed E-state index contributed by atoms with van der Waals surface area (Å²) in [6, 6.07) is 5.38. The average molecular weight is 296 g/mol. The summed E-state index contributed by atoms with van der Waals surface area (Å²) in [4.78, 5) is 8.00. The molecule has 0 saturated heterocycles. The summed E-state index contributed by atoms with van der Waals surface area (Å²) in [5.74, 6) is 0.327. The number of aromatic nitrogens is 2. The van der Waals surface area contributed by atoms with Crippen LogP contribution in [0.3, 0.4) is 0 Å². The van der Waals surface area contributed by atoms with Crippen LogP contribution in [-0.2, 0) is 6.18 Å². The average Bonchev–Trinajstić information content (AvgIpc) is 2.46. The van der Waals surface area contributed by atoms with E-state index in [1.54, 1.807) is 24.5 Å². The molecule has 2 rings (SSSR count). The largest absolute Gasteiger partial charge is 0.416 e. The lowest BCUT2D eigenvalue weighted by molar-refractivity contribution is -0.137. The molecule has 2 aromatic heterocycles. The van der Waals surface area contributed by atoms with E-state index in [1.807, 2.05) is 6.92 Å². The summed E-state index contributed by atoms with van der Waals surface area (Å²) in [6.45, 7) is 1.84. The van der Waals surface area contributed by atoms with E-state index in [-0.39, 0.29) is 17.7 Å². The van der Waals surface area contributed by atoms with Crippen LogP contribution in [0.2, 0.25) is 0 Å².